The molecule has 35 nitrogen and oxygen atoms in total. The number of primary amides is 1. The van der Waals surface area contributed by atoms with Crippen molar-refractivity contribution in [1.29, 1.82) is 0 Å². The van der Waals surface area contributed by atoms with Crippen LogP contribution >= 0.6 is 0 Å². The van der Waals surface area contributed by atoms with Gasteiger partial charge in [0.15, 0.2) is 0 Å². The van der Waals surface area contributed by atoms with Gasteiger partial charge in [-0.15, -0.1) is 0 Å². The van der Waals surface area contributed by atoms with E-state index >= 15 is 0 Å². The molecule has 1 aliphatic heterocycles. The van der Waals surface area contributed by atoms with Crippen LogP contribution in [0.3, 0.4) is 0 Å². The van der Waals surface area contributed by atoms with Crippen LogP contribution in [0.25, 0.3) is 0 Å². The summed E-state index contributed by atoms with van der Waals surface area (Å²) in [7, 11) is 0. The molecule has 634 valence electrons. The monoisotopic (exact) mass is 1570 g/mol. The maximum Gasteiger partial charge on any atom is 0.245 e. The van der Waals surface area contributed by atoms with Crippen molar-refractivity contribution < 1.29 is 82.8 Å². The van der Waals surface area contributed by atoms with E-state index in [1.807, 2.05) is 27.7 Å². The van der Waals surface area contributed by atoms with Crippen LogP contribution in [-0.4, -0.2) is 240 Å². The third-order valence-corrected chi connectivity index (χ3v) is 18.7. The fraction of sp³-hybridized carbons (Fsp3) is 0.827. The molecule has 110 heavy (non-hydrogen) atoms. The highest BCUT2D eigenvalue weighted by atomic mass is 16.3. The molecule has 0 aromatic carbocycles. The maximum absolute atomic E-state index is 14.5. The fourth-order valence-electron chi connectivity index (χ4n) is 12.7. The first kappa shape index (κ1) is 101. The second-order valence-electron chi connectivity index (χ2n) is 31.0. The van der Waals surface area contributed by atoms with E-state index in [-0.39, 0.29) is 101 Å². The second-order valence-corrected chi connectivity index (χ2v) is 31.0. The van der Waals surface area contributed by atoms with E-state index < -0.39 is 182 Å². The lowest BCUT2D eigenvalue weighted by Gasteiger charge is -2.30. The molecule has 25 N–H and O–H groups in total. The number of carbonyl (C=O) groups is 13. The summed E-state index contributed by atoms with van der Waals surface area (Å²) in [6, 6.07) is -14.5. The van der Waals surface area contributed by atoms with Crippen molar-refractivity contribution in [3.63, 3.8) is 0 Å². The second kappa shape index (κ2) is 56.9. The van der Waals surface area contributed by atoms with Crippen LogP contribution < -0.4 is 92.1 Å². The Morgan fingerprint density at radius 2 is 0.836 bits per heavy atom. The topological polar surface area (TPSA) is 567 Å². The Hall–Kier alpha value is -7.25. The number of nitrogens with two attached hydrogens (primary N) is 4. The van der Waals surface area contributed by atoms with Crippen LogP contribution in [0.5, 0.6) is 0 Å². The third-order valence-electron chi connectivity index (χ3n) is 18.7. The number of nitrogens with one attached hydrogen (secondary N) is 13. The minimum atomic E-state index is -1.70. The van der Waals surface area contributed by atoms with Gasteiger partial charge in [-0.2, -0.15) is 0 Å². The molecule has 35 heteroatoms. The highest BCUT2D eigenvalue weighted by Crippen LogP contribution is 2.19. The quantitative estimate of drug-likeness (QED) is 0.0234. The molecule has 0 radical (unpaired) electrons. The fourth-order valence-corrected chi connectivity index (χ4v) is 12.7. The van der Waals surface area contributed by atoms with Crippen LogP contribution in [0.1, 0.15) is 237 Å². The molecule has 0 spiro atoms. The highest BCUT2D eigenvalue weighted by Gasteiger charge is 2.38. The molecule has 0 aromatic rings. The van der Waals surface area contributed by atoms with E-state index in [4.69, 9.17) is 22.9 Å². The summed E-state index contributed by atoms with van der Waals surface area (Å²) in [4.78, 5) is 179. The van der Waals surface area contributed by atoms with Gasteiger partial charge in [0.2, 0.25) is 76.8 Å². The van der Waals surface area contributed by atoms with Gasteiger partial charge in [-0.25, -0.2) is 0 Å². The lowest BCUT2D eigenvalue weighted by Crippen LogP contribution is -2.62. The molecule has 0 saturated carbocycles. The Bertz CT molecular complexity index is 2780. The van der Waals surface area contributed by atoms with Gasteiger partial charge in [0.05, 0.1) is 38.5 Å². The van der Waals surface area contributed by atoms with Gasteiger partial charge in [0.25, 0.3) is 0 Å². The summed E-state index contributed by atoms with van der Waals surface area (Å²) < 4.78 is 0. The van der Waals surface area contributed by atoms with Crippen LogP contribution in [0, 0.1) is 23.7 Å². The summed E-state index contributed by atoms with van der Waals surface area (Å²) in [6.45, 7) is 17.0. The van der Waals surface area contributed by atoms with Crippen molar-refractivity contribution in [2.75, 3.05) is 52.5 Å². The first-order chi connectivity index (χ1) is 52.0. The molecule has 0 aliphatic carbocycles. The molecule has 1 fully saturated rings. The van der Waals surface area contributed by atoms with Gasteiger partial charge in [-0.3, -0.25) is 67.6 Å². The number of aliphatic hydroxyl groups excluding tert-OH is 4. The minimum Gasteiger partial charge on any atom is -0.394 e. The molecular formula is C75H142N18O17. The summed E-state index contributed by atoms with van der Waals surface area (Å²) in [5.41, 5.74) is 22.6. The first-order valence-electron chi connectivity index (χ1n) is 40.1. The van der Waals surface area contributed by atoms with Crippen molar-refractivity contribution >= 4 is 76.8 Å². The number of aliphatic hydroxyl groups is 4. The minimum absolute atomic E-state index is 0.00881. The van der Waals surface area contributed by atoms with E-state index in [2.05, 4.69) is 76.0 Å². The zero-order valence-electron chi connectivity index (χ0n) is 67.6. The van der Waals surface area contributed by atoms with Crippen molar-refractivity contribution in [3.05, 3.63) is 0 Å². The summed E-state index contributed by atoms with van der Waals surface area (Å²) in [6.07, 6.45) is 13.5. The van der Waals surface area contributed by atoms with E-state index in [1.165, 1.54) is 70.1 Å². The maximum atomic E-state index is 14.5. The summed E-state index contributed by atoms with van der Waals surface area (Å²) in [5, 5.41) is 76.4. The van der Waals surface area contributed by atoms with Gasteiger partial charge < -0.3 is 112 Å². The van der Waals surface area contributed by atoms with E-state index in [0.717, 1.165) is 25.7 Å². The SMILES string of the molecule is CCCCCCCCCCCCCCCC(=O)NC(CC(C)C)C(=O)NC(CO)C(=O)NC(CCCNC(N)N)C(=O)NC(CC(C)C)C(=O)NC(CC(C)C)C(=O)NC(C(=O)NC(CCCCN)C(=O)NC(CNCC(=O)NC(CO)C(=O)NC(C(=O)NCC(=O)N1CCCC1C(N)=O)C(C)O)CC(C)C)C(C)O. The zero-order valence-corrected chi connectivity index (χ0v) is 67.6. The van der Waals surface area contributed by atoms with E-state index in [1.54, 1.807) is 27.7 Å². The summed E-state index contributed by atoms with van der Waals surface area (Å²) in [5.74, 6) is -10.9. The Balaban J connectivity index is 3.28. The normalized spacial score (nSPS) is 16.2. The molecule has 13 unspecified atom stereocenters. The van der Waals surface area contributed by atoms with Gasteiger partial charge in [0, 0.05) is 25.6 Å². The van der Waals surface area contributed by atoms with Crippen molar-refractivity contribution in [2.24, 2.45) is 46.6 Å². The van der Waals surface area contributed by atoms with Gasteiger partial charge in [-0.05, 0) is 128 Å². The highest BCUT2D eigenvalue weighted by molar-refractivity contribution is 5.99. The molecule has 1 rings (SSSR count). The smallest absolute Gasteiger partial charge is 0.245 e. The Labute approximate surface area is 651 Å². The van der Waals surface area contributed by atoms with Crippen LogP contribution in [0.2, 0.25) is 0 Å². The third kappa shape index (κ3) is 43.0. The van der Waals surface area contributed by atoms with Crippen LogP contribution in [0.4, 0.5) is 0 Å². The number of likely N-dealkylation sites (tertiary alicyclic amines) is 1. The molecule has 1 heterocycles. The molecule has 13 atom stereocenters. The van der Waals surface area contributed by atoms with Crippen molar-refractivity contribution in [3.8, 4) is 0 Å². The molecular weight excluding hydrogens is 1420 g/mol. The number of hydrogen-bond acceptors (Lipinski definition) is 22. The number of nitrogens with zero attached hydrogens (tertiary/aromatic N) is 1. The standard InChI is InChI=1S/C75H142N18O17/c1-12-13-14-15-16-17-18-19-20-21-22-23-24-32-60(98)84-54(37-46(4)5)68(104)90-58(44-95)71(107)86-53(30-27-34-81-75(78)79)67(103)88-55(38-47(6)7)69(105)89-56(39-48(8)9)70(106)92-64(50(11)97)74(110)87-52(29-25-26-33-76)66(102)83-51(36-45(2)3)40-80-41-61(99)85-57(43-94)72(108)91-63(49(10)96)73(109)82-42-62(100)93-35-28-31-59(93)65(77)101/h45-59,63-64,75,80-81,94-97H,12-44,76,78-79H2,1-11H3,(H2,77,101)(H,82,109)(H,83,102)(H,84,98)(H,85,99)(H,86,107)(H,87,110)(H,88,103)(H,89,105)(H,90,104)(H,91,108)(H,92,106). The molecule has 13 amide bonds. The predicted molar refractivity (Wildman–Crippen MR) is 417 cm³/mol. The number of hydrogen-bond donors (Lipinski definition) is 21. The Kier molecular flexibility index (Phi) is 52.1. The number of unbranched alkanes of at least 4 members (excludes halogenated alkanes) is 13. The lowest BCUT2D eigenvalue weighted by molar-refractivity contribution is -0.139. The molecule has 1 saturated heterocycles. The first-order valence-corrected chi connectivity index (χ1v) is 40.1. The number of rotatable bonds is 61. The van der Waals surface area contributed by atoms with Gasteiger partial charge >= 0.3 is 0 Å². The molecule has 0 bridgehead atoms. The van der Waals surface area contributed by atoms with Gasteiger partial charge in [0.1, 0.15) is 66.7 Å². The van der Waals surface area contributed by atoms with Crippen molar-refractivity contribution in [2.45, 2.75) is 322 Å². The number of carbonyl (C=O) groups excluding carboxylic acids is 13. The predicted octanol–water partition coefficient (Wildman–Crippen LogP) is -1.87. The average molecular weight is 1570 g/mol. The Morgan fingerprint density at radius 3 is 1.31 bits per heavy atom. The lowest BCUT2D eigenvalue weighted by atomic mass is 9.99. The Morgan fingerprint density at radius 1 is 0.436 bits per heavy atom. The largest absolute Gasteiger partial charge is 0.394 e. The molecule has 1 aliphatic rings. The zero-order chi connectivity index (χ0) is 83.0. The van der Waals surface area contributed by atoms with Crippen LogP contribution in [-0.2, 0) is 62.3 Å². The van der Waals surface area contributed by atoms with Gasteiger partial charge in [-0.1, -0.05) is 139 Å². The average Bonchev–Trinajstić information content (AvgIpc) is 1.41. The molecule has 0 aromatic heterocycles. The summed E-state index contributed by atoms with van der Waals surface area (Å²) >= 11 is 0. The van der Waals surface area contributed by atoms with E-state index in [0.29, 0.717) is 38.5 Å². The van der Waals surface area contributed by atoms with E-state index in [9.17, 15) is 82.8 Å². The van der Waals surface area contributed by atoms with Crippen molar-refractivity contribution in [1.82, 2.24) is 74.0 Å². The van der Waals surface area contributed by atoms with Crippen LogP contribution in [0.15, 0.2) is 0 Å². The number of amides is 13.